The molecule has 2 aromatic heterocycles. The Kier molecular flexibility index (Phi) is 4.77. The number of fused-ring (bicyclic) bond motifs is 1. The SMILES string of the molecule is O=C(/C=C/c1c(Cl)nc2sccn12)NCC#Cc1ccccc1. The van der Waals surface area contributed by atoms with Crippen LogP contribution >= 0.6 is 22.9 Å². The zero-order chi connectivity index (χ0) is 16.1. The van der Waals surface area contributed by atoms with Gasteiger partial charge in [-0.15, -0.1) is 11.3 Å². The zero-order valence-electron chi connectivity index (χ0n) is 12.0. The van der Waals surface area contributed by atoms with Crippen LogP contribution in [0.4, 0.5) is 0 Å². The summed E-state index contributed by atoms with van der Waals surface area (Å²) in [6.07, 6.45) is 4.94. The maximum atomic E-state index is 11.8. The Morgan fingerprint density at radius 3 is 3.04 bits per heavy atom. The second-order valence-corrected chi connectivity index (χ2v) is 5.79. The lowest BCUT2D eigenvalue weighted by molar-refractivity contribution is -0.116. The topological polar surface area (TPSA) is 46.4 Å². The maximum Gasteiger partial charge on any atom is 0.244 e. The van der Waals surface area contributed by atoms with Gasteiger partial charge >= 0.3 is 0 Å². The molecule has 0 aliphatic heterocycles. The van der Waals surface area contributed by atoms with Crippen molar-refractivity contribution in [1.82, 2.24) is 14.7 Å². The second kappa shape index (κ2) is 7.14. The van der Waals surface area contributed by atoms with E-state index in [-0.39, 0.29) is 12.5 Å². The van der Waals surface area contributed by atoms with Crippen molar-refractivity contribution in [3.63, 3.8) is 0 Å². The number of benzene rings is 1. The molecule has 0 radical (unpaired) electrons. The van der Waals surface area contributed by atoms with Gasteiger partial charge < -0.3 is 5.32 Å². The van der Waals surface area contributed by atoms with Gasteiger partial charge in [0.1, 0.15) is 0 Å². The number of nitrogens with one attached hydrogen (secondary N) is 1. The number of rotatable bonds is 3. The Balaban J connectivity index is 1.58. The number of halogens is 1. The smallest absolute Gasteiger partial charge is 0.244 e. The van der Waals surface area contributed by atoms with Crippen LogP contribution in [0.2, 0.25) is 5.15 Å². The number of carbonyl (C=O) groups excluding carboxylic acids is 1. The molecular formula is C17H12ClN3OS. The van der Waals surface area contributed by atoms with Gasteiger partial charge in [-0.1, -0.05) is 41.6 Å². The largest absolute Gasteiger partial charge is 0.342 e. The Labute approximate surface area is 142 Å². The molecule has 1 aromatic carbocycles. The number of carbonyl (C=O) groups is 1. The monoisotopic (exact) mass is 341 g/mol. The molecule has 23 heavy (non-hydrogen) atoms. The first-order chi connectivity index (χ1) is 11.2. The first-order valence-corrected chi connectivity index (χ1v) is 8.10. The van der Waals surface area contributed by atoms with E-state index in [1.165, 1.54) is 17.4 Å². The zero-order valence-corrected chi connectivity index (χ0v) is 13.6. The summed E-state index contributed by atoms with van der Waals surface area (Å²) in [6, 6.07) is 9.62. The van der Waals surface area contributed by atoms with Crippen molar-refractivity contribution < 1.29 is 4.79 Å². The standard InChI is InChI=1S/C17H12ClN3OS/c18-16-14(21-11-12-23-17(21)20-16)8-9-15(22)19-10-4-7-13-5-2-1-3-6-13/h1-3,5-6,8-9,11-12H,10H2,(H,19,22)/b9-8+. The molecule has 4 nitrogen and oxygen atoms in total. The van der Waals surface area contributed by atoms with Crippen LogP contribution in [0.25, 0.3) is 11.0 Å². The third-order valence-corrected chi connectivity index (χ3v) is 4.04. The van der Waals surface area contributed by atoms with Gasteiger partial charge in [0.05, 0.1) is 12.2 Å². The predicted molar refractivity (Wildman–Crippen MR) is 93.4 cm³/mol. The van der Waals surface area contributed by atoms with Gasteiger partial charge in [-0.05, 0) is 18.2 Å². The second-order valence-electron chi connectivity index (χ2n) is 4.56. The first-order valence-electron chi connectivity index (χ1n) is 6.85. The van der Waals surface area contributed by atoms with Crippen molar-refractivity contribution in [3.05, 3.63) is 64.4 Å². The van der Waals surface area contributed by atoms with Gasteiger partial charge in [-0.25, -0.2) is 4.98 Å². The fourth-order valence-corrected chi connectivity index (χ4v) is 2.94. The molecule has 0 saturated carbocycles. The van der Waals surface area contributed by atoms with Gasteiger partial charge in [-0.2, -0.15) is 0 Å². The molecule has 0 spiro atoms. The lowest BCUT2D eigenvalue weighted by atomic mass is 10.2. The van der Waals surface area contributed by atoms with E-state index in [1.54, 1.807) is 6.08 Å². The van der Waals surface area contributed by atoms with E-state index < -0.39 is 0 Å². The molecule has 6 heteroatoms. The minimum atomic E-state index is -0.228. The molecule has 0 saturated heterocycles. The summed E-state index contributed by atoms with van der Waals surface area (Å²) in [5.74, 6) is 5.65. The predicted octanol–water partition coefficient (Wildman–Crippen LogP) is 3.23. The molecule has 114 valence electrons. The van der Waals surface area contributed by atoms with E-state index in [4.69, 9.17) is 11.6 Å². The van der Waals surface area contributed by atoms with E-state index in [0.29, 0.717) is 10.8 Å². The number of aromatic nitrogens is 2. The normalized spacial score (nSPS) is 10.7. The molecule has 2 heterocycles. The minimum Gasteiger partial charge on any atom is -0.342 e. The minimum absolute atomic E-state index is 0.228. The lowest BCUT2D eigenvalue weighted by Crippen LogP contribution is -2.20. The van der Waals surface area contributed by atoms with Crippen LogP contribution in [0.15, 0.2) is 48.0 Å². The molecule has 0 bridgehead atoms. The Hall–Kier alpha value is -2.55. The number of thiazole rings is 1. The summed E-state index contributed by atoms with van der Waals surface area (Å²) in [7, 11) is 0. The summed E-state index contributed by atoms with van der Waals surface area (Å²) in [5.41, 5.74) is 1.61. The highest BCUT2D eigenvalue weighted by atomic mass is 35.5. The highest BCUT2D eigenvalue weighted by molar-refractivity contribution is 7.15. The van der Waals surface area contributed by atoms with Gasteiger partial charge in [0.2, 0.25) is 5.91 Å². The van der Waals surface area contributed by atoms with Gasteiger partial charge in [0.15, 0.2) is 10.1 Å². The van der Waals surface area contributed by atoms with E-state index >= 15 is 0 Å². The van der Waals surface area contributed by atoms with Crippen LogP contribution in [-0.2, 0) is 4.79 Å². The molecule has 0 aliphatic rings. The Morgan fingerprint density at radius 1 is 1.39 bits per heavy atom. The van der Waals surface area contributed by atoms with Gasteiger partial charge in [0, 0.05) is 23.2 Å². The summed E-state index contributed by atoms with van der Waals surface area (Å²) in [6.45, 7) is 0.284. The lowest BCUT2D eigenvalue weighted by Gasteiger charge is -1.95. The summed E-state index contributed by atoms with van der Waals surface area (Å²) in [5, 5.41) is 5.00. The summed E-state index contributed by atoms with van der Waals surface area (Å²) in [4.78, 5) is 16.8. The van der Waals surface area contributed by atoms with Gasteiger partial charge in [-0.3, -0.25) is 9.20 Å². The van der Waals surface area contributed by atoms with Crippen molar-refractivity contribution in [3.8, 4) is 11.8 Å². The summed E-state index contributed by atoms with van der Waals surface area (Å²) >= 11 is 7.54. The van der Waals surface area contributed by atoms with Crippen LogP contribution in [0.5, 0.6) is 0 Å². The average Bonchev–Trinajstić information content (AvgIpc) is 3.11. The third kappa shape index (κ3) is 3.81. The summed E-state index contributed by atoms with van der Waals surface area (Å²) < 4.78 is 1.84. The van der Waals surface area contributed by atoms with Crippen molar-refractivity contribution in [2.75, 3.05) is 6.54 Å². The van der Waals surface area contributed by atoms with Crippen LogP contribution in [0.1, 0.15) is 11.3 Å². The van der Waals surface area contributed by atoms with Crippen molar-refractivity contribution >= 4 is 39.9 Å². The van der Waals surface area contributed by atoms with E-state index in [1.807, 2.05) is 46.3 Å². The molecule has 0 unspecified atom stereocenters. The highest BCUT2D eigenvalue weighted by Crippen LogP contribution is 2.22. The van der Waals surface area contributed by atoms with Crippen LogP contribution < -0.4 is 5.32 Å². The van der Waals surface area contributed by atoms with E-state index in [0.717, 1.165) is 10.5 Å². The quantitative estimate of drug-likeness (QED) is 0.587. The highest BCUT2D eigenvalue weighted by Gasteiger charge is 2.08. The number of hydrogen-bond acceptors (Lipinski definition) is 3. The molecule has 0 atom stereocenters. The van der Waals surface area contributed by atoms with Crippen molar-refractivity contribution in [2.45, 2.75) is 0 Å². The Bertz CT molecular complexity index is 916. The molecule has 1 amide bonds. The van der Waals surface area contributed by atoms with E-state index in [9.17, 15) is 4.79 Å². The molecule has 0 aliphatic carbocycles. The van der Waals surface area contributed by atoms with Crippen LogP contribution in [0, 0.1) is 11.8 Å². The fourth-order valence-electron chi connectivity index (χ4n) is 1.94. The molecular weight excluding hydrogens is 330 g/mol. The van der Waals surface area contributed by atoms with Crippen LogP contribution in [-0.4, -0.2) is 21.8 Å². The fraction of sp³-hybridized carbons (Fsp3) is 0.0588. The first kappa shape index (κ1) is 15.3. The molecule has 3 aromatic rings. The Morgan fingerprint density at radius 2 is 2.22 bits per heavy atom. The van der Waals surface area contributed by atoms with Gasteiger partial charge in [0.25, 0.3) is 0 Å². The number of nitrogens with zero attached hydrogens (tertiary/aromatic N) is 2. The molecule has 0 fully saturated rings. The van der Waals surface area contributed by atoms with Crippen molar-refractivity contribution in [1.29, 1.82) is 0 Å². The molecule has 3 rings (SSSR count). The third-order valence-electron chi connectivity index (χ3n) is 3.00. The average molecular weight is 342 g/mol. The number of imidazole rings is 1. The molecule has 1 N–H and O–H groups in total. The van der Waals surface area contributed by atoms with E-state index in [2.05, 4.69) is 22.1 Å². The van der Waals surface area contributed by atoms with Crippen molar-refractivity contribution in [2.24, 2.45) is 0 Å². The number of hydrogen-bond donors (Lipinski definition) is 1. The maximum absolute atomic E-state index is 11.8. The van der Waals surface area contributed by atoms with Crippen LogP contribution in [0.3, 0.4) is 0 Å². The number of amides is 1.